The second-order valence-corrected chi connectivity index (χ2v) is 10.5. The summed E-state index contributed by atoms with van der Waals surface area (Å²) in [6.07, 6.45) is 0. The smallest absolute Gasteiger partial charge is 0.478 e. The average molecular weight is 534 g/mol. The van der Waals surface area contributed by atoms with Crippen LogP contribution in [0.3, 0.4) is 0 Å². The van der Waals surface area contributed by atoms with E-state index in [0.717, 1.165) is 3.57 Å². The Kier molecular flexibility index (Phi) is 5.92. The van der Waals surface area contributed by atoms with Gasteiger partial charge in [0.2, 0.25) is 0 Å². The first-order valence-corrected chi connectivity index (χ1v) is 11.1. The zero-order chi connectivity index (χ0) is 20.6. The minimum Gasteiger partial charge on any atom is -0.478 e. The van der Waals surface area contributed by atoms with Crippen molar-refractivity contribution in [3.05, 3.63) is 57.2 Å². The number of rotatable bonds is 5. The molecule has 6 nitrogen and oxygen atoms in total. The molecule has 0 saturated heterocycles. The van der Waals surface area contributed by atoms with Crippen LogP contribution in [0.25, 0.3) is 0 Å². The molecule has 2 rings (SSSR count). The summed E-state index contributed by atoms with van der Waals surface area (Å²) in [6.45, 7) is 0. The van der Waals surface area contributed by atoms with E-state index in [4.69, 9.17) is 5.11 Å². The maximum Gasteiger partial charge on any atom is 0.501 e. The fourth-order valence-corrected chi connectivity index (χ4v) is 4.72. The van der Waals surface area contributed by atoms with Crippen molar-refractivity contribution in [3.63, 3.8) is 0 Å². The highest BCUT2D eigenvalue weighted by Crippen LogP contribution is 2.32. The van der Waals surface area contributed by atoms with Crippen LogP contribution in [0.1, 0.15) is 15.9 Å². The molecular formula is C15H10F3IO6S2. The molecule has 0 aliphatic carbocycles. The predicted molar refractivity (Wildman–Crippen MR) is 96.7 cm³/mol. The van der Waals surface area contributed by atoms with Crippen molar-refractivity contribution in [1.29, 1.82) is 0 Å². The molecule has 2 aromatic carbocycles. The van der Waals surface area contributed by atoms with Crippen LogP contribution in [0.2, 0.25) is 0 Å². The summed E-state index contributed by atoms with van der Waals surface area (Å²) in [6, 6.07) is 7.39. The Morgan fingerprint density at radius 3 is 1.96 bits per heavy atom. The SMILES string of the molecule is O=C(O)c1cc(S(=O)(=O)Cc2ccc(I)cc2)cc(S(=O)(=O)C(F)(F)F)c1. The number of hydrogen-bond acceptors (Lipinski definition) is 5. The Morgan fingerprint density at radius 2 is 1.48 bits per heavy atom. The first kappa shape index (κ1) is 21.6. The van der Waals surface area contributed by atoms with E-state index in [1.54, 1.807) is 12.1 Å². The van der Waals surface area contributed by atoms with Gasteiger partial charge < -0.3 is 5.11 Å². The Hall–Kier alpha value is -1.67. The molecule has 27 heavy (non-hydrogen) atoms. The van der Waals surface area contributed by atoms with Gasteiger partial charge in [-0.15, -0.1) is 0 Å². The van der Waals surface area contributed by atoms with Gasteiger partial charge in [-0.1, -0.05) is 12.1 Å². The largest absolute Gasteiger partial charge is 0.501 e. The molecule has 12 heteroatoms. The number of halogens is 4. The third kappa shape index (κ3) is 4.79. The standard InChI is InChI=1S/C15H10F3IO6S2/c16-15(17,18)27(24,25)13-6-10(14(20)21)5-12(7-13)26(22,23)8-9-1-3-11(19)4-2-9/h1-7H,8H2,(H,20,21). The van der Waals surface area contributed by atoms with Gasteiger partial charge in [-0.25, -0.2) is 21.6 Å². The van der Waals surface area contributed by atoms with Crippen molar-refractivity contribution in [1.82, 2.24) is 0 Å². The van der Waals surface area contributed by atoms with Crippen LogP contribution in [0, 0.1) is 3.57 Å². The highest BCUT2D eigenvalue weighted by Gasteiger charge is 2.47. The maximum absolute atomic E-state index is 12.8. The minimum absolute atomic E-state index is 0.273. The molecule has 0 unspecified atom stereocenters. The Bertz CT molecular complexity index is 1090. The fourth-order valence-electron chi connectivity index (χ4n) is 2.05. The molecule has 0 atom stereocenters. The van der Waals surface area contributed by atoms with Crippen molar-refractivity contribution >= 4 is 48.2 Å². The van der Waals surface area contributed by atoms with Crippen molar-refractivity contribution in [2.24, 2.45) is 0 Å². The van der Waals surface area contributed by atoms with Crippen LogP contribution in [-0.4, -0.2) is 33.4 Å². The number of alkyl halides is 3. The third-order valence-electron chi connectivity index (χ3n) is 3.37. The lowest BCUT2D eigenvalue weighted by molar-refractivity contribution is -0.0436. The number of benzene rings is 2. The molecular weight excluding hydrogens is 524 g/mol. The first-order valence-electron chi connectivity index (χ1n) is 6.91. The molecule has 146 valence electrons. The monoisotopic (exact) mass is 534 g/mol. The molecule has 0 radical (unpaired) electrons. The van der Waals surface area contributed by atoms with Crippen LogP contribution in [-0.2, 0) is 25.4 Å². The van der Waals surface area contributed by atoms with Crippen LogP contribution in [0.15, 0.2) is 52.3 Å². The summed E-state index contributed by atoms with van der Waals surface area (Å²) in [7, 11) is -10.2. The second kappa shape index (κ2) is 7.39. The van der Waals surface area contributed by atoms with E-state index in [1.807, 2.05) is 22.6 Å². The predicted octanol–water partition coefficient (Wildman–Crippen LogP) is 3.26. The van der Waals surface area contributed by atoms with Crippen molar-refractivity contribution in [3.8, 4) is 0 Å². The average Bonchev–Trinajstić information content (AvgIpc) is 2.55. The van der Waals surface area contributed by atoms with Crippen molar-refractivity contribution in [2.45, 2.75) is 21.1 Å². The minimum atomic E-state index is -5.92. The molecule has 1 N–H and O–H groups in total. The van der Waals surface area contributed by atoms with Gasteiger partial charge in [-0.3, -0.25) is 0 Å². The van der Waals surface area contributed by atoms with Gasteiger partial charge in [0.25, 0.3) is 9.84 Å². The number of aromatic carboxylic acids is 1. The van der Waals surface area contributed by atoms with E-state index in [0.29, 0.717) is 17.7 Å². The van der Waals surface area contributed by atoms with Crippen molar-refractivity contribution < 1.29 is 39.9 Å². The summed E-state index contributed by atoms with van der Waals surface area (Å²) < 4.78 is 87.4. The lowest BCUT2D eigenvalue weighted by Crippen LogP contribution is -2.24. The molecule has 0 bridgehead atoms. The number of hydrogen-bond donors (Lipinski definition) is 1. The third-order valence-corrected chi connectivity index (χ3v) is 7.22. The lowest BCUT2D eigenvalue weighted by atomic mass is 10.2. The molecule has 0 heterocycles. The van der Waals surface area contributed by atoms with Crippen LogP contribution in [0.4, 0.5) is 13.2 Å². The first-order chi connectivity index (χ1) is 12.2. The summed E-state index contributed by atoms with van der Waals surface area (Å²) in [5.74, 6) is -2.40. The van der Waals surface area contributed by atoms with Crippen LogP contribution < -0.4 is 0 Å². The highest BCUT2D eigenvalue weighted by atomic mass is 127. The fraction of sp³-hybridized carbons (Fsp3) is 0.133. The molecule has 0 aliphatic rings. The topological polar surface area (TPSA) is 106 Å². The van der Waals surface area contributed by atoms with E-state index < -0.39 is 52.3 Å². The summed E-state index contributed by atoms with van der Waals surface area (Å²) in [5.41, 5.74) is -6.29. The van der Waals surface area contributed by atoms with Gasteiger partial charge in [0, 0.05) is 3.57 Å². The number of sulfone groups is 2. The maximum atomic E-state index is 12.8. The van der Waals surface area contributed by atoms with Crippen LogP contribution >= 0.6 is 22.6 Å². The van der Waals surface area contributed by atoms with Gasteiger partial charge >= 0.3 is 11.5 Å². The molecule has 2 aromatic rings. The van der Waals surface area contributed by atoms with Gasteiger partial charge in [0.05, 0.1) is 21.1 Å². The van der Waals surface area contributed by atoms with Gasteiger partial charge in [0.1, 0.15) is 0 Å². The zero-order valence-corrected chi connectivity index (χ0v) is 16.9. The molecule has 0 aliphatic heterocycles. The van der Waals surface area contributed by atoms with Gasteiger partial charge in [-0.05, 0) is 58.5 Å². The van der Waals surface area contributed by atoms with E-state index in [2.05, 4.69) is 0 Å². The summed E-state index contributed by atoms with van der Waals surface area (Å²) in [4.78, 5) is 8.86. The van der Waals surface area contributed by atoms with Crippen LogP contribution in [0.5, 0.6) is 0 Å². The second-order valence-electron chi connectivity index (χ2n) is 5.33. The van der Waals surface area contributed by atoms with E-state index in [9.17, 15) is 34.8 Å². The Morgan fingerprint density at radius 1 is 0.963 bits per heavy atom. The Labute approximate surface area is 166 Å². The quantitative estimate of drug-likeness (QED) is 0.591. The molecule has 0 fully saturated rings. The number of carbonyl (C=O) groups is 1. The summed E-state index contributed by atoms with van der Waals surface area (Å²) >= 11 is 1.99. The van der Waals surface area contributed by atoms with Crippen molar-refractivity contribution in [2.75, 3.05) is 0 Å². The zero-order valence-electron chi connectivity index (χ0n) is 13.1. The lowest BCUT2D eigenvalue weighted by Gasteiger charge is -2.12. The number of carboxylic acid groups (broad SMARTS) is 1. The van der Waals surface area contributed by atoms with E-state index in [-0.39, 0.29) is 6.07 Å². The normalized spacial score (nSPS) is 12.7. The van der Waals surface area contributed by atoms with Gasteiger partial charge in [-0.2, -0.15) is 13.2 Å². The highest BCUT2D eigenvalue weighted by molar-refractivity contribution is 14.1. The molecule has 0 saturated carbocycles. The summed E-state index contributed by atoms with van der Waals surface area (Å²) in [5, 5.41) is 9.02. The Balaban J connectivity index is 2.62. The molecule has 0 aromatic heterocycles. The number of carboxylic acids is 1. The molecule has 0 amide bonds. The van der Waals surface area contributed by atoms with E-state index >= 15 is 0 Å². The van der Waals surface area contributed by atoms with Gasteiger partial charge in [0.15, 0.2) is 9.84 Å². The molecule has 0 spiro atoms. The van der Waals surface area contributed by atoms with E-state index in [1.165, 1.54) is 12.1 Å².